The zero-order valence-electron chi connectivity index (χ0n) is 20.0. The molecule has 1 N–H and O–H groups in total. The van der Waals surface area contributed by atoms with Crippen LogP contribution < -0.4 is 0 Å². The molecule has 6 heteroatoms. The highest BCUT2D eigenvalue weighted by molar-refractivity contribution is 5.84. The third-order valence-electron chi connectivity index (χ3n) is 6.69. The van der Waals surface area contributed by atoms with Crippen molar-refractivity contribution in [2.45, 2.75) is 109 Å². The zero-order valence-corrected chi connectivity index (χ0v) is 20.0. The van der Waals surface area contributed by atoms with Crippen molar-refractivity contribution >= 4 is 11.8 Å². The molecule has 1 saturated heterocycles. The summed E-state index contributed by atoms with van der Waals surface area (Å²) in [6, 6.07) is 0. The number of carbonyl (C=O) groups excluding carboxylic acids is 2. The number of ketones is 1. The van der Waals surface area contributed by atoms with Gasteiger partial charge in [-0.15, -0.1) is 0 Å². The van der Waals surface area contributed by atoms with Crippen LogP contribution in [0.4, 0.5) is 0 Å². The summed E-state index contributed by atoms with van der Waals surface area (Å²) < 4.78 is 16.8. The van der Waals surface area contributed by atoms with E-state index in [2.05, 4.69) is 16.9 Å². The summed E-state index contributed by atoms with van der Waals surface area (Å²) in [6.07, 6.45) is 18.2. The highest BCUT2D eigenvalue weighted by atomic mass is 16.7. The van der Waals surface area contributed by atoms with Gasteiger partial charge in [-0.25, -0.2) is 0 Å². The van der Waals surface area contributed by atoms with Crippen LogP contribution in [0.15, 0.2) is 12.2 Å². The number of methoxy groups -OCH3 is 1. The van der Waals surface area contributed by atoms with Crippen LogP contribution in [0.25, 0.3) is 0 Å². The molecule has 1 unspecified atom stereocenters. The van der Waals surface area contributed by atoms with Crippen molar-refractivity contribution in [1.82, 2.24) is 0 Å². The summed E-state index contributed by atoms with van der Waals surface area (Å²) in [7, 11) is 1.42. The predicted molar refractivity (Wildman–Crippen MR) is 124 cm³/mol. The van der Waals surface area contributed by atoms with Crippen LogP contribution in [0.1, 0.15) is 96.3 Å². The Morgan fingerprint density at radius 2 is 1.88 bits per heavy atom. The monoisotopic (exact) mass is 452 g/mol. The third-order valence-corrected chi connectivity index (χ3v) is 6.69. The Labute approximate surface area is 194 Å². The lowest BCUT2D eigenvalue weighted by Gasteiger charge is -2.28. The molecule has 4 atom stereocenters. The van der Waals surface area contributed by atoms with E-state index in [0.717, 1.165) is 90.1 Å². The average molecular weight is 453 g/mol. The van der Waals surface area contributed by atoms with Crippen LogP contribution in [0, 0.1) is 11.8 Å². The van der Waals surface area contributed by atoms with Crippen LogP contribution in [-0.2, 0) is 23.8 Å². The van der Waals surface area contributed by atoms with E-state index in [-0.39, 0.29) is 36.8 Å². The van der Waals surface area contributed by atoms with Crippen molar-refractivity contribution in [2.75, 3.05) is 20.3 Å². The second-order valence-corrected chi connectivity index (χ2v) is 9.21. The van der Waals surface area contributed by atoms with Gasteiger partial charge in [-0.2, -0.15) is 0 Å². The number of unbranched alkanes of at least 4 members (excludes halogenated alkanes) is 7. The lowest BCUT2D eigenvalue weighted by molar-refractivity contribution is -0.192. The Balaban J connectivity index is 1.83. The molecule has 32 heavy (non-hydrogen) atoms. The number of esters is 1. The maximum absolute atomic E-state index is 12.9. The van der Waals surface area contributed by atoms with Crippen LogP contribution in [-0.4, -0.2) is 49.6 Å². The van der Waals surface area contributed by atoms with Gasteiger partial charge in [0.15, 0.2) is 6.29 Å². The Morgan fingerprint density at radius 1 is 1.09 bits per heavy atom. The quantitative estimate of drug-likeness (QED) is 0.199. The molecule has 6 nitrogen and oxygen atoms in total. The van der Waals surface area contributed by atoms with Gasteiger partial charge in [0.05, 0.1) is 13.2 Å². The molecule has 2 fully saturated rings. The largest absolute Gasteiger partial charge is 0.469 e. The van der Waals surface area contributed by atoms with E-state index in [9.17, 15) is 9.59 Å². The van der Waals surface area contributed by atoms with Crippen LogP contribution in [0.5, 0.6) is 0 Å². The molecule has 1 aliphatic carbocycles. The van der Waals surface area contributed by atoms with Crippen LogP contribution in [0.2, 0.25) is 0 Å². The van der Waals surface area contributed by atoms with E-state index in [1.54, 1.807) is 0 Å². The summed E-state index contributed by atoms with van der Waals surface area (Å²) >= 11 is 0. The summed E-state index contributed by atoms with van der Waals surface area (Å²) in [5, 5.41) is 8.89. The molecule has 1 heterocycles. The summed E-state index contributed by atoms with van der Waals surface area (Å²) in [4.78, 5) is 24.1. The van der Waals surface area contributed by atoms with Crippen molar-refractivity contribution in [2.24, 2.45) is 11.8 Å². The number of aliphatic hydroxyl groups excluding tert-OH is 1. The van der Waals surface area contributed by atoms with E-state index < -0.39 is 0 Å². The lowest BCUT2D eigenvalue weighted by Crippen LogP contribution is -2.30. The zero-order chi connectivity index (χ0) is 23.0. The van der Waals surface area contributed by atoms with Gasteiger partial charge in [0.2, 0.25) is 0 Å². The fraction of sp³-hybridized carbons (Fsp3) is 0.846. The normalized spacial score (nSPS) is 26.1. The number of carbonyl (C=O) groups is 2. The fourth-order valence-electron chi connectivity index (χ4n) is 4.79. The van der Waals surface area contributed by atoms with E-state index >= 15 is 0 Å². The number of aliphatic hydroxyl groups is 1. The molecule has 0 spiro atoms. The van der Waals surface area contributed by atoms with Gasteiger partial charge in [0, 0.05) is 37.9 Å². The summed E-state index contributed by atoms with van der Waals surface area (Å²) in [5.74, 6) is 0.316. The Kier molecular flexibility index (Phi) is 13.8. The first-order chi connectivity index (χ1) is 15.7. The molecule has 0 bridgehead atoms. The fourth-order valence-corrected chi connectivity index (χ4v) is 4.79. The molecule has 0 aromatic heterocycles. The molecule has 0 radical (unpaired) electrons. The first kappa shape index (κ1) is 27.0. The second kappa shape index (κ2) is 16.4. The molecule has 1 aliphatic heterocycles. The molecule has 1 saturated carbocycles. The summed E-state index contributed by atoms with van der Waals surface area (Å²) in [6.45, 7) is 1.02. The molecule has 2 rings (SSSR count). The van der Waals surface area contributed by atoms with Gasteiger partial charge in [-0.05, 0) is 51.4 Å². The molecule has 0 aromatic rings. The van der Waals surface area contributed by atoms with Gasteiger partial charge in [-0.1, -0.05) is 44.3 Å². The van der Waals surface area contributed by atoms with E-state index in [1.165, 1.54) is 7.11 Å². The molecular weight excluding hydrogens is 408 g/mol. The van der Waals surface area contributed by atoms with Gasteiger partial charge >= 0.3 is 5.97 Å². The Hall–Kier alpha value is -1.24. The number of ether oxygens (including phenoxy) is 3. The average Bonchev–Trinajstić information content (AvgIpc) is 3.09. The molecule has 184 valence electrons. The van der Waals surface area contributed by atoms with Crippen LogP contribution >= 0.6 is 0 Å². The minimum Gasteiger partial charge on any atom is -0.469 e. The molecular formula is C26H44O6. The van der Waals surface area contributed by atoms with Gasteiger partial charge < -0.3 is 19.3 Å². The van der Waals surface area contributed by atoms with Crippen molar-refractivity contribution in [3.8, 4) is 0 Å². The number of rotatable bonds is 16. The van der Waals surface area contributed by atoms with Crippen molar-refractivity contribution < 1.29 is 28.9 Å². The van der Waals surface area contributed by atoms with Crippen molar-refractivity contribution in [3.63, 3.8) is 0 Å². The van der Waals surface area contributed by atoms with Crippen LogP contribution in [0.3, 0.4) is 0 Å². The minimum absolute atomic E-state index is 0.0230. The number of Topliss-reactive ketones (excluding diaryl/α,β-unsaturated/α-hetero) is 1. The number of hydrogen-bond acceptors (Lipinski definition) is 6. The van der Waals surface area contributed by atoms with Crippen molar-refractivity contribution in [3.05, 3.63) is 12.2 Å². The minimum atomic E-state index is -0.173. The number of hydrogen-bond donors (Lipinski definition) is 1. The van der Waals surface area contributed by atoms with E-state index in [0.29, 0.717) is 18.6 Å². The predicted octanol–water partition coefficient (Wildman–Crippen LogP) is 5.12. The first-order valence-electron chi connectivity index (χ1n) is 12.8. The first-order valence-corrected chi connectivity index (χ1v) is 12.8. The van der Waals surface area contributed by atoms with Gasteiger partial charge in [-0.3, -0.25) is 9.59 Å². The number of allylic oxidation sites excluding steroid dienone is 1. The Bertz CT molecular complexity index is 555. The SMILES string of the molecule is COC(=O)CCCCCC[C@H]1C(=O)C[C@@H](OC2CCCCO2)[C@H]1C=CCCCCCCO. The second-order valence-electron chi connectivity index (χ2n) is 9.21. The highest BCUT2D eigenvalue weighted by Gasteiger charge is 2.42. The lowest BCUT2D eigenvalue weighted by atomic mass is 9.88. The maximum Gasteiger partial charge on any atom is 0.305 e. The molecule has 0 aromatic carbocycles. The molecule has 2 aliphatic rings. The third kappa shape index (κ3) is 10.1. The van der Waals surface area contributed by atoms with Gasteiger partial charge in [0.1, 0.15) is 5.78 Å². The van der Waals surface area contributed by atoms with E-state index in [1.807, 2.05) is 0 Å². The summed E-state index contributed by atoms with van der Waals surface area (Å²) in [5.41, 5.74) is 0. The smallest absolute Gasteiger partial charge is 0.305 e. The highest BCUT2D eigenvalue weighted by Crippen LogP contribution is 2.37. The van der Waals surface area contributed by atoms with Gasteiger partial charge in [0.25, 0.3) is 0 Å². The standard InChI is InChI=1S/C26H44O6/c1-30-25(29)16-10-6-5-8-14-21-22(15-9-4-2-3-7-12-18-27)24(20-23(21)28)32-26-17-11-13-19-31-26/h9,15,21-22,24,26-27H,2-8,10-14,16-20H2,1H3/t21-,22+,24-,26?/m1/s1. The van der Waals surface area contributed by atoms with Crippen molar-refractivity contribution in [1.29, 1.82) is 0 Å². The topological polar surface area (TPSA) is 82.1 Å². The molecule has 0 amide bonds. The van der Waals surface area contributed by atoms with E-state index in [4.69, 9.17) is 14.6 Å². The Morgan fingerprint density at radius 3 is 2.62 bits per heavy atom. The maximum atomic E-state index is 12.9.